The second kappa shape index (κ2) is 10.1. The van der Waals surface area contributed by atoms with Crippen molar-refractivity contribution < 1.29 is 19.2 Å². The minimum Gasteiger partial charge on any atom is -0.274 e. The summed E-state index contributed by atoms with van der Waals surface area (Å²) in [6.07, 6.45) is 2.84. The van der Waals surface area contributed by atoms with Gasteiger partial charge in [-0.05, 0) is 55.9 Å². The number of benzene rings is 6. The fourth-order valence-electron chi connectivity index (χ4n) is 7.20. The van der Waals surface area contributed by atoms with Crippen molar-refractivity contribution in [3.63, 3.8) is 0 Å². The monoisotopic (exact) mass is 576 g/mol. The highest BCUT2D eigenvalue weighted by Crippen LogP contribution is 2.39. The van der Waals surface area contributed by atoms with Gasteiger partial charge in [0.15, 0.2) is 0 Å². The SMILES string of the molecule is O=C1c2c(c3ccccc3c3ccccc23)C(=O)N1CCCCCCN1C(=O)c2c(c3ccccc3c3ccccc23)C1=O. The van der Waals surface area contributed by atoms with Crippen LogP contribution in [0.4, 0.5) is 0 Å². The van der Waals surface area contributed by atoms with E-state index in [0.29, 0.717) is 48.2 Å². The van der Waals surface area contributed by atoms with E-state index in [4.69, 9.17) is 0 Å². The molecule has 0 saturated heterocycles. The lowest BCUT2D eigenvalue weighted by molar-refractivity contribution is 0.0631. The molecule has 0 aliphatic carbocycles. The van der Waals surface area contributed by atoms with Gasteiger partial charge in [-0.3, -0.25) is 29.0 Å². The minimum atomic E-state index is -0.238. The third-order valence-electron chi connectivity index (χ3n) is 9.22. The van der Waals surface area contributed by atoms with Crippen LogP contribution in [-0.2, 0) is 0 Å². The largest absolute Gasteiger partial charge is 0.274 e. The van der Waals surface area contributed by atoms with E-state index in [-0.39, 0.29) is 23.6 Å². The first-order valence-corrected chi connectivity index (χ1v) is 15.2. The van der Waals surface area contributed by atoms with E-state index < -0.39 is 0 Å². The van der Waals surface area contributed by atoms with Crippen LogP contribution in [-0.4, -0.2) is 46.5 Å². The van der Waals surface area contributed by atoms with Crippen molar-refractivity contribution in [1.29, 1.82) is 0 Å². The fourth-order valence-corrected chi connectivity index (χ4v) is 7.20. The Labute approximate surface area is 253 Å². The van der Waals surface area contributed by atoms with Crippen LogP contribution in [0, 0.1) is 0 Å². The average molecular weight is 577 g/mol. The Kier molecular flexibility index (Phi) is 6.05. The van der Waals surface area contributed by atoms with Crippen LogP contribution in [0.2, 0.25) is 0 Å². The summed E-state index contributed by atoms with van der Waals surface area (Å²) < 4.78 is 0. The van der Waals surface area contributed by atoms with Crippen LogP contribution in [0.3, 0.4) is 0 Å². The van der Waals surface area contributed by atoms with E-state index in [2.05, 4.69) is 0 Å². The molecular weight excluding hydrogens is 548 g/mol. The molecule has 4 amide bonds. The molecule has 2 heterocycles. The van der Waals surface area contributed by atoms with Crippen molar-refractivity contribution in [3.05, 3.63) is 119 Å². The first kappa shape index (κ1) is 26.3. The molecule has 0 radical (unpaired) electrons. The molecule has 8 rings (SSSR count). The molecule has 0 N–H and O–H groups in total. The normalized spacial score (nSPS) is 14.5. The highest BCUT2D eigenvalue weighted by Gasteiger charge is 2.39. The van der Waals surface area contributed by atoms with Gasteiger partial charge < -0.3 is 0 Å². The highest BCUT2D eigenvalue weighted by atomic mass is 16.2. The van der Waals surface area contributed by atoms with Crippen LogP contribution in [0.25, 0.3) is 43.1 Å². The second-order valence-corrected chi connectivity index (χ2v) is 11.6. The van der Waals surface area contributed by atoms with Crippen molar-refractivity contribution >= 4 is 66.7 Å². The van der Waals surface area contributed by atoms with Crippen LogP contribution >= 0.6 is 0 Å². The Bertz CT molecular complexity index is 1930. The van der Waals surface area contributed by atoms with Gasteiger partial charge in [-0.1, -0.05) is 110 Å². The first-order valence-electron chi connectivity index (χ1n) is 15.2. The summed E-state index contributed by atoms with van der Waals surface area (Å²) in [4.78, 5) is 57.0. The van der Waals surface area contributed by atoms with Gasteiger partial charge >= 0.3 is 0 Å². The number of unbranched alkanes of at least 4 members (excludes halogenated alkanes) is 3. The minimum absolute atomic E-state index is 0.238. The maximum atomic E-state index is 13.5. The molecule has 0 atom stereocenters. The number of hydrogen-bond acceptors (Lipinski definition) is 4. The molecule has 0 aromatic heterocycles. The zero-order chi connectivity index (χ0) is 29.9. The lowest BCUT2D eigenvalue weighted by atomic mass is 9.93. The van der Waals surface area contributed by atoms with E-state index in [1.54, 1.807) is 0 Å². The smallest absolute Gasteiger partial charge is 0.262 e. The number of imide groups is 2. The van der Waals surface area contributed by atoms with Crippen LogP contribution in [0.5, 0.6) is 0 Å². The van der Waals surface area contributed by atoms with Crippen molar-refractivity contribution in [2.24, 2.45) is 0 Å². The van der Waals surface area contributed by atoms with Gasteiger partial charge in [0.1, 0.15) is 0 Å². The molecule has 6 aromatic rings. The second-order valence-electron chi connectivity index (χ2n) is 11.6. The molecule has 214 valence electrons. The van der Waals surface area contributed by atoms with Gasteiger partial charge in [-0.15, -0.1) is 0 Å². The highest BCUT2D eigenvalue weighted by molar-refractivity contribution is 6.34. The number of carbonyl (C=O) groups is 4. The summed E-state index contributed by atoms with van der Waals surface area (Å²) in [5.41, 5.74) is 1.98. The molecule has 6 heteroatoms. The summed E-state index contributed by atoms with van der Waals surface area (Å²) in [5, 5.41) is 7.12. The Balaban J connectivity index is 0.951. The quantitative estimate of drug-likeness (QED) is 0.111. The first-order chi connectivity index (χ1) is 21.6. The van der Waals surface area contributed by atoms with Gasteiger partial charge in [0.05, 0.1) is 22.3 Å². The van der Waals surface area contributed by atoms with E-state index in [1.807, 2.05) is 97.1 Å². The van der Waals surface area contributed by atoms with Crippen LogP contribution in [0.15, 0.2) is 97.1 Å². The summed E-state index contributed by atoms with van der Waals surface area (Å²) in [6, 6.07) is 31.1. The van der Waals surface area contributed by atoms with E-state index in [0.717, 1.165) is 55.9 Å². The predicted octanol–water partition coefficient (Wildman–Crippen LogP) is 7.75. The van der Waals surface area contributed by atoms with E-state index in [9.17, 15) is 19.2 Å². The Hall–Kier alpha value is -5.36. The lowest BCUT2D eigenvalue weighted by Gasteiger charge is -2.15. The number of nitrogens with zero attached hydrogens (tertiary/aromatic N) is 2. The van der Waals surface area contributed by atoms with Crippen molar-refractivity contribution in [1.82, 2.24) is 9.80 Å². The molecule has 2 aliphatic rings. The summed E-state index contributed by atoms with van der Waals surface area (Å²) in [5.74, 6) is -0.954. The van der Waals surface area contributed by atoms with Gasteiger partial charge in [-0.2, -0.15) is 0 Å². The summed E-state index contributed by atoms with van der Waals surface area (Å²) in [6.45, 7) is 0.667. The van der Waals surface area contributed by atoms with Gasteiger partial charge in [0.2, 0.25) is 0 Å². The number of amides is 4. The average Bonchev–Trinajstić information content (AvgIpc) is 3.47. The molecule has 44 heavy (non-hydrogen) atoms. The third kappa shape index (κ3) is 3.73. The van der Waals surface area contributed by atoms with Gasteiger partial charge in [0.25, 0.3) is 23.6 Å². The van der Waals surface area contributed by atoms with Crippen molar-refractivity contribution in [3.8, 4) is 0 Å². The molecule has 0 unspecified atom stereocenters. The molecule has 6 nitrogen and oxygen atoms in total. The number of rotatable bonds is 7. The topological polar surface area (TPSA) is 74.8 Å². The number of hydrogen-bond donors (Lipinski definition) is 0. The zero-order valence-electron chi connectivity index (χ0n) is 24.0. The molecule has 2 aliphatic heterocycles. The Morgan fingerprint density at radius 1 is 0.318 bits per heavy atom. The van der Waals surface area contributed by atoms with E-state index in [1.165, 1.54) is 9.80 Å². The van der Waals surface area contributed by atoms with E-state index >= 15 is 0 Å². The van der Waals surface area contributed by atoms with Crippen LogP contribution < -0.4 is 0 Å². The number of carbonyl (C=O) groups excluding carboxylic acids is 4. The van der Waals surface area contributed by atoms with Crippen molar-refractivity contribution in [2.75, 3.05) is 13.1 Å². The summed E-state index contributed by atoms with van der Waals surface area (Å²) >= 11 is 0. The predicted molar refractivity (Wildman–Crippen MR) is 172 cm³/mol. The molecular formula is C38H28N2O4. The molecule has 0 saturated carbocycles. The zero-order valence-corrected chi connectivity index (χ0v) is 24.0. The Morgan fingerprint density at radius 3 is 0.795 bits per heavy atom. The van der Waals surface area contributed by atoms with Crippen LogP contribution in [0.1, 0.15) is 67.1 Å². The fraction of sp³-hybridized carbons (Fsp3) is 0.158. The number of fused-ring (bicyclic) bond motifs is 12. The summed E-state index contributed by atoms with van der Waals surface area (Å²) in [7, 11) is 0. The maximum absolute atomic E-state index is 13.5. The van der Waals surface area contributed by atoms with Crippen molar-refractivity contribution in [2.45, 2.75) is 25.7 Å². The van der Waals surface area contributed by atoms with Gasteiger partial charge in [0, 0.05) is 13.1 Å². The molecule has 6 aromatic carbocycles. The standard InChI is InChI=1S/C38H28N2O4/c41-35-31-27-17-7-3-13-23(27)24-14-4-8-18-28(24)32(31)36(42)39(35)21-11-1-2-12-22-40-37(43)33-29-19-9-5-15-25(29)26-16-6-10-20-30(26)34(33)38(40)44/h3-10,13-20H,1-2,11-12,21-22H2. The molecule has 0 bridgehead atoms. The Morgan fingerprint density at radius 2 is 0.545 bits per heavy atom. The van der Waals surface area contributed by atoms with Gasteiger partial charge in [-0.25, -0.2) is 0 Å². The third-order valence-corrected chi connectivity index (χ3v) is 9.22. The maximum Gasteiger partial charge on any atom is 0.262 e. The molecule has 0 spiro atoms. The molecule has 0 fully saturated rings. The lowest BCUT2D eigenvalue weighted by Crippen LogP contribution is -2.31.